The Hall–Kier alpha value is -8.54. The summed E-state index contributed by atoms with van der Waals surface area (Å²) < 4.78 is 0. The van der Waals surface area contributed by atoms with E-state index in [-0.39, 0.29) is 75.6 Å². The third-order valence-corrected chi connectivity index (χ3v) is 12.5. The van der Waals surface area contributed by atoms with Crippen LogP contribution < -0.4 is 48.7 Å². The number of phenolic OH excluding ortho intramolecular Hbond substituents is 2. The Bertz CT molecular complexity index is 2610. The molecule has 76 heavy (non-hydrogen) atoms. The Morgan fingerprint density at radius 2 is 1.25 bits per heavy atom. The van der Waals surface area contributed by atoms with Gasteiger partial charge in [0.05, 0.1) is 12.9 Å². The third-order valence-electron chi connectivity index (χ3n) is 12.5. The molecule has 1 aliphatic rings. The fraction of sp³-hybridized carbons (Fsp3) is 0.423. The second-order valence-electron chi connectivity index (χ2n) is 18.8. The average molecular weight is 1050 g/mol. The molecule has 1 aromatic heterocycles. The summed E-state index contributed by atoms with van der Waals surface area (Å²) in [5.74, 6) is -7.14. The molecule has 0 spiro atoms. The fourth-order valence-corrected chi connectivity index (χ4v) is 8.56. The number of aromatic nitrogens is 2. The van der Waals surface area contributed by atoms with Gasteiger partial charge in [0.2, 0.25) is 41.4 Å². The van der Waals surface area contributed by atoms with Gasteiger partial charge < -0.3 is 73.9 Å². The number of benzene rings is 3. The first-order valence-corrected chi connectivity index (χ1v) is 24.9. The first-order chi connectivity index (χ1) is 36.3. The first-order valence-electron chi connectivity index (χ1n) is 24.9. The molecule has 15 N–H and O–H groups in total. The number of likely N-dealkylation sites (tertiary alicyclic amines) is 1. The van der Waals surface area contributed by atoms with Crippen LogP contribution in [0.5, 0.6) is 11.5 Å². The summed E-state index contributed by atoms with van der Waals surface area (Å²) in [6, 6.07) is 11.4. The maximum Gasteiger partial charge on any atom is 0.326 e. The number of aromatic hydroxyl groups is 2. The van der Waals surface area contributed by atoms with Crippen molar-refractivity contribution in [3.63, 3.8) is 0 Å². The number of aromatic amines is 1. The minimum atomic E-state index is -1.46. The van der Waals surface area contributed by atoms with Crippen LogP contribution in [0.1, 0.15) is 61.9 Å². The average Bonchev–Trinajstić information content (AvgIpc) is 4.10. The number of phenols is 2. The number of likely N-dealkylation sites (N-methyl/N-ethyl adjacent to an activating group) is 1. The number of aliphatic imine (C=N–C) groups is 1. The fourth-order valence-electron chi connectivity index (χ4n) is 8.56. The Kier molecular flexibility index (Phi) is 22.1. The largest absolute Gasteiger partial charge is 0.508 e. The molecule has 24 heteroatoms. The lowest BCUT2D eigenvalue weighted by Crippen LogP contribution is -2.61. The normalized spacial score (nSPS) is 15.4. The number of H-pyrrole nitrogens is 1. The van der Waals surface area contributed by atoms with Crippen molar-refractivity contribution in [2.75, 3.05) is 26.7 Å². The highest BCUT2D eigenvalue weighted by Crippen LogP contribution is 2.21. The van der Waals surface area contributed by atoms with E-state index in [1.807, 2.05) is 0 Å². The zero-order chi connectivity index (χ0) is 55.3. The van der Waals surface area contributed by atoms with Crippen LogP contribution >= 0.6 is 0 Å². The van der Waals surface area contributed by atoms with Crippen LogP contribution in [-0.2, 0) is 64.0 Å². The lowest BCUT2D eigenvalue weighted by atomic mass is 9.99. The van der Waals surface area contributed by atoms with Crippen LogP contribution in [0.2, 0.25) is 0 Å². The molecule has 0 unspecified atom stereocenters. The second-order valence-corrected chi connectivity index (χ2v) is 18.8. The molecular weight excluding hydrogens is 983 g/mol. The van der Waals surface area contributed by atoms with Crippen molar-refractivity contribution in [1.29, 1.82) is 0 Å². The number of carboxylic acid groups (broad SMARTS) is 1. The minimum Gasteiger partial charge on any atom is -0.508 e. The Morgan fingerprint density at radius 1 is 0.697 bits per heavy atom. The molecule has 408 valence electrons. The van der Waals surface area contributed by atoms with Gasteiger partial charge in [-0.15, -0.1) is 0 Å². The lowest BCUT2D eigenvalue weighted by Gasteiger charge is -2.31. The monoisotopic (exact) mass is 1050 g/mol. The van der Waals surface area contributed by atoms with E-state index in [1.54, 1.807) is 51.2 Å². The molecule has 24 nitrogen and oxygen atoms in total. The predicted octanol–water partition coefficient (Wildman–Crippen LogP) is -0.995. The summed E-state index contributed by atoms with van der Waals surface area (Å²) in [5.41, 5.74) is 13.0. The highest BCUT2D eigenvalue weighted by atomic mass is 16.4. The zero-order valence-electron chi connectivity index (χ0n) is 42.7. The van der Waals surface area contributed by atoms with Gasteiger partial charge in [0, 0.05) is 50.7 Å². The SMILES string of the molecule is CNCC(=O)N[C@@H](CCCN=C(N)N)C(=O)N[C@H](C(=O)N[C@@H](Cc1ccc(O)cc1)C(=O)N[C@@H](Cc1ccc(O)cc1)C(=O)N[C@@H](Cc1cnc[nH]1)C(=O)N1CCC[C@H]1C(=O)N[C@H](Cc1ccccc1)C(=O)O)C(C)C. The number of nitrogens with zero attached hydrogens (tertiary/aromatic N) is 3. The van der Waals surface area contributed by atoms with Crippen molar-refractivity contribution in [3.8, 4) is 11.5 Å². The van der Waals surface area contributed by atoms with Crippen LogP contribution in [0.15, 0.2) is 96.4 Å². The molecule has 3 aromatic carbocycles. The molecule has 0 bridgehead atoms. The van der Waals surface area contributed by atoms with Gasteiger partial charge in [-0.3, -0.25) is 38.6 Å². The maximum atomic E-state index is 14.8. The summed E-state index contributed by atoms with van der Waals surface area (Å²) in [4.78, 5) is 123. The van der Waals surface area contributed by atoms with E-state index in [2.05, 4.69) is 52.2 Å². The number of nitrogens with two attached hydrogens (primary N) is 2. The molecule has 7 atom stereocenters. The summed E-state index contributed by atoms with van der Waals surface area (Å²) in [6.45, 7) is 3.50. The van der Waals surface area contributed by atoms with Gasteiger partial charge >= 0.3 is 5.97 Å². The number of amides is 7. The molecule has 0 saturated carbocycles. The summed E-state index contributed by atoms with van der Waals surface area (Å²) in [5, 5.41) is 49.1. The highest BCUT2D eigenvalue weighted by Gasteiger charge is 2.40. The second kappa shape index (κ2) is 28.8. The van der Waals surface area contributed by atoms with Crippen molar-refractivity contribution in [3.05, 3.63) is 114 Å². The Labute approximate surface area is 439 Å². The van der Waals surface area contributed by atoms with Gasteiger partial charge in [-0.2, -0.15) is 0 Å². The maximum absolute atomic E-state index is 14.8. The van der Waals surface area contributed by atoms with Crippen molar-refractivity contribution in [2.45, 2.75) is 108 Å². The molecule has 1 fully saturated rings. The lowest BCUT2D eigenvalue weighted by molar-refractivity contribution is -0.145. The van der Waals surface area contributed by atoms with E-state index in [9.17, 15) is 53.7 Å². The van der Waals surface area contributed by atoms with Crippen LogP contribution in [0, 0.1) is 5.92 Å². The topological polar surface area (TPSA) is 378 Å². The third kappa shape index (κ3) is 18.1. The zero-order valence-corrected chi connectivity index (χ0v) is 42.7. The number of guanidine groups is 1. The van der Waals surface area contributed by atoms with Crippen molar-refractivity contribution >= 4 is 53.3 Å². The minimum absolute atomic E-state index is 0.00796. The number of rotatable bonds is 28. The Morgan fingerprint density at radius 3 is 1.79 bits per heavy atom. The van der Waals surface area contributed by atoms with E-state index in [4.69, 9.17) is 11.5 Å². The van der Waals surface area contributed by atoms with Crippen LogP contribution in [-0.4, -0.2) is 152 Å². The van der Waals surface area contributed by atoms with Crippen LogP contribution in [0.3, 0.4) is 0 Å². The summed E-state index contributed by atoms with van der Waals surface area (Å²) >= 11 is 0. The number of hydrogen-bond acceptors (Lipinski definition) is 13. The van der Waals surface area contributed by atoms with Crippen molar-refractivity contribution in [2.24, 2.45) is 22.4 Å². The number of carbonyl (C=O) groups is 8. The number of aliphatic carboxylic acids is 1. The van der Waals surface area contributed by atoms with E-state index in [1.165, 1.54) is 66.0 Å². The van der Waals surface area contributed by atoms with E-state index < -0.39 is 95.5 Å². The number of imidazole rings is 1. The van der Waals surface area contributed by atoms with Gasteiger partial charge in [0.1, 0.15) is 53.8 Å². The highest BCUT2D eigenvalue weighted by molar-refractivity contribution is 5.98. The predicted molar refractivity (Wildman–Crippen MR) is 279 cm³/mol. The van der Waals surface area contributed by atoms with Gasteiger partial charge in [0.15, 0.2) is 5.96 Å². The first kappa shape index (κ1) is 58.4. The summed E-state index contributed by atoms with van der Waals surface area (Å²) in [6.07, 6.45) is 3.33. The molecule has 2 heterocycles. The van der Waals surface area contributed by atoms with Crippen LogP contribution in [0.25, 0.3) is 0 Å². The quantitative estimate of drug-likeness (QED) is 0.0184. The van der Waals surface area contributed by atoms with Gasteiger partial charge in [-0.1, -0.05) is 68.4 Å². The molecule has 1 saturated heterocycles. The van der Waals surface area contributed by atoms with Gasteiger partial charge in [-0.25, -0.2) is 9.78 Å². The molecule has 7 amide bonds. The number of hydrogen-bond donors (Lipinski definition) is 13. The molecule has 4 aromatic rings. The van der Waals surface area contributed by atoms with Crippen molar-refractivity contribution in [1.82, 2.24) is 52.1 Å². The molecular formula is C52H69N13O11. The molecule has 5 rings (SSSR count). The smallest absolute Gasteiger partial charge is 0.326 e. The van der Waals surface area contributed by atoms with Crippen molar-refractivity contribution < 1.29 is 53.7 Å². The van der Waals surface area contributed by atoms with E-state index in [0.717, 1.165) is 0 Å². The summed E-state index contributed by atoms with van der Waals surface area (Å²) in [7, 11) is 1.56. The standard InChI is InChI=1S/C52H69N13O11/c1-30(2)44(64-45(69)37(59-43(68)28-55-3)11-7-21-57-52(53)54)49(73)61-39(24-33-15-19-36(67)20-16-33)46(70)60-38(23-32-13-17-35(66)18-14-32)47(71)62-40(26-34-27-56-29-58-34)50(74)65-22-8-12-42(65)48(72)63-41(51(75)76)25-31-9-5-4-6-10-31/h4-6,9-10,13-20,27,29-30,37-42,44,55,66-67H,7-8,11-12,21-26,28H2,1-3H3,(H,56,58)(H,59,68)(H,60,70)(H,61,73)(H,62,71)(H,63,72)(H,64,69)(H,75,76)(H4,53,54,57)/t37-,38-,39-,40-,41+,42-,44-/m0/s1. The molecule has 0 aliphatic carbocycles. The number of carboxylic acids is 1. The van der Waals surface area contributed by atoms with E-state index >= 15 is 0 Å². The molecule has 0 radical (unpaired) electrons. The van der Waals surface area contributed by atoms with Gasteiger partial charge in [-0.05, 0) is 79.6 Å². The van der Waals surface area contributed by atoms with Crippen LogP contribution in [0.4, 0.5) is 0 Å². The number of carbonyl (C=O) groups excluding carboxylic acids is 7. The Balaban J connectivity index is 1.42. The van der Waals surface area contributed by atoms with E-state index in [0.29, 0.717) is 35.2 Å². The molecule has 1 aliphatic heterocycles. The number of nitrogens with one attached hydrogen (secondary N) is 8. The van der Waals surface area contributed by atoms with Gasteiger partial charge in [0.25, 0.3) is 0 Å².